The van der Waals surface area contributed by atoms with E-state index in [-0.39, 0.29) is 0 Å². The maximum Gasteiger partial charge on any atom is 0.329 e. The summed E-state index contributed by atoms with van der Waals surface area (Å²) in [5.74, 6) is -1.95. The highest BCUT2D eigenvalue weighted by Crippen LogP contribution is 2.29. The van der Waals surface area contributed by atoms with E-state index in [0.29, 0.717) is 11.0 Å². The molecule has 7 nitrogen and oxygen atoms in total. The van der Waals surface area contributed by atoms with Crippen molar-refractivity contribution in [3.8, 4) is 0 Å². The fourth-order valence-electron chi connectivity index (χ4n) is 2.16. The van der Waals surface area contributed by atoms with Gasteiger partial charge in [0, 0.05) is 11.0 Å². The third-order valence-corrected chi connectivity index (χ3v) is 4.80. The molecule has 0 spiro atoms. The van der Waals surface area contributed by atoms with E-state index in [2.05, 4.69) is 10.1 Å². The molecule has 0 heterocycles. The zero-order chi connectivity index (χ0) is 15.8. The molecule has 1 rings (SSSR count). The lowest BCUT2D eigenvalue weighted by atomic mass is 10.2. The number of esters is 1. The van der Waals surface area contributed by atoms with Crippen LogP contribution in [-0.2, 0) is 19.1 Å². The molecule has 120 valence electrons. The Labute approximate surface area is 128 Å². The monoisotopic (exact) mass is 318 g/mol. The third-order valence-electron chi connectivity index (χ3n) is 3.33. The number of carbonyl (C=O) groups is 3. The van der Waals surface area contributed by atoms with Crippen molar-refractivity contribution < 1.29 is 24.2 Å². The van der Waals surface area contributed by atoms with Gasteiger partial charge < -0.3 is 20.9 Å². The first-order valence-corrected chi connectivity index (χ1v) is 7.96. The highest BCUT2D eigenvalue weighted by Gasteiger charge is 2.27. The predicted molar refractivity (Wildman–Crippen MR) is 78.9 cm³/mol. The molecule has 1 aliphatic carbocycles. The Morgan fingerprint density at radius 1 is 1.38 bits per heavy atom. The normalized spacial score (nSPS) is 18.0. The van der Waals surface area contributed by atoms with E-state index in [4.69, 9.17) is 10.8 Å². The second-order valence-corrected chi connectivity index (χ2v) is 6.36. The highest BCUT2D eigenvalue weighted by atomic mass is 32.2. The van der Waals surface area contributed by atoms with Gasteiger partial charge >= 0.3 is 11.9 Å². The van der Waals surface area contributed by atoms with E-state index in [1.807, 2.05) is 0 Å². The average Bonchev–Trinajstić information content (AvgIpc) is 2.94. The molecule has 0 aromatic rings. The zero-order valence-corrected chi connectivity index (χ0v) is 12.9. The predicted octanol–water partition coefficient (Wildman–Crippen LogP) is 0.122. The molecule has 2 atom stereocenters. The molecule has 0 radical (unpaired) electrons. The van der Waals surface area contributed by atoms with E-state index < -0.39 is 36.4 Å². The van der Waals surface area contributed by atoms with E-state index >= 15 is 0 Å². The summed E-state index contributed by atoms with van der Waals surface area (Å²) in [5, 5.41) is 11.6. The van der Waals surface area contributed by atoms with Gasteiger partial charge in [0.15, 0.2) is 0 Å². The molecule has 0 aliphatic heterocycles. The second-order valence-electron chi connectivity index (χ2n) is 5.03. The summed E-state index contributed by atoms with van der Waals surface area (Å²) in [6, 6.07) is -1.97. The number of carboxylic acid groups (broad SMARTS) is 1. The fourth-order valence-corrected chi connectivity index (χ4v) is 3.51. The second kappa shape index (κ2) is 8.89. The van der Waals surface area contributed by atoms with Crippen LogP contribution in [0.1, 0.15) is 32.1 Å². The first kappa shape index (κ1) is 17.8. The van der Waals surface area contributed by atoms with Gasteiger partial charge in [-0.05, 0) is 12.8 Å². The molecular formula is C13H22N2O5S. The summed E-state index contributed by atoms with van der Waals surface area (Å²) in [6.45, 7) is 0. The van der Waals surface area contributed by atoms with E-state index in [9.17, 15) is 14.4 Å². The van der Waals surface area contributed by atoms with Crippen LogP contribution in [-0.4, -0.2) is 53.1 Å². The molecule has 1 saturated carbocycles. The van der Waals surface area contributed by atoms with Crippen molar-refractivity contribution in [1.82, 2.24) is 5.32 Å². The number of hydrogen-bond donors (Lipinski definition) is 3. The van der Waals surface area contributed by atoms with Gasteiger partial charge in [0.1, 0.15) is 6.04 Å². The Morgan fingerprint density at radius 3 is 2.52 bits per heavy atom. The van der Waals surface area contributed by atoms with Crippen LogP contribution in [0.3, 0.4) is 0 Å². The number of thioether (sulfide) groups is 1. The van der Waals surface area contributed by atoms with Crippen LogP contribution in [0.2, 0.25) is 0 Å². The maximum atomic E-state index is 11.8. The number of carbonyl (C=O) groups excluding carboxylic acids is 2. The summed E-state index contributed by atoms with van der Waals surface area (Å²) in [6.07, 6.45) is 4.14. The highest BCUT2D eigenvalue weighted by molar-refractivity contribution is 8.00. The van der Waals surface area contributed by atoms with Crippen LogP contribution in [0.25, 0.3) is 0 Å². The van der Waals surface area contributed by atoms with Crippen molar-refractivity contribution in [2.75, 3.05) is 12.9 Å². The molecule has 0 unspecified atom stereocenters. The number of rotatable bonds is 8. The number of aliphatic carboxylic acids is 1. The first-order chi connectivity index (χ1) is 9.93. The maximum absolute atomic E-state index is 11.8. The summed E-state index contributed by atoms with van der Waals surface area (Å²) in [7, 11) is 1.25. The van der Waals surface area contributed by atoms with E-state index in [1.165, 1.54) is 20.0 Å². The molecule has 8 heteroatoms. The number of nitrogens with one attached hydrogen (secondary N) is 1. The molecular weight excluding hydrogens is 296 g/mol. The molecule has 1 fully saturated rings. The van der Waals surface area contributed by atoms with Gasteiger partial charge in [0.05, 0.1) is 19.6 Å². The van der Waals surface area contributed by atoms with Crippen LogP contribution in [0.15, 0.2) is 0 Å². The molecule has 0 aromatic carbocycles. The van der Waals surface area contributed by atoms with Gasteiger partial charge in [-0.2, -0.15) is 11.8 Å². The Hall–Kier alpha value is -1.28. The van der Waals surface area contributed by atoms with Gasteiger partial charge in [0.2, 0.25) is 5.91 Å². The van der Waals surface area contributed by atoms with E-state index in [1.54, 1.807) is 11.8 Å². The Kier molecular flexibility index (Phi) is 7.52. The lowest BCUT2D eigenvalue weighted by molar-refractivity contribution is -0.144. The van der Waals surface area contributed by atoms with Gasteiger partial charge in [-0.25, -0.2) is 4.79 Å². The van der Waals surface area contributed by atoms with Crippen molar-refractivity contribution in [2.24, 2.45) is 5.73 Å². The third kappa shape index (κ3) is 6.34. The lowest BCUT2D eigenvalue weighted by Crippen LogP contribution is -2.50. The fraction of sp³-hybridized carbons (Fsp3) is 0.769. The minimum Gasteiger partial charge on any atom is -0.481 e. The summed E-state index contributed by atoms with van der Waals surface area (Å²) >= 11 is 1.63. The number of nitrogens with two attached hydrogens (primary N) is 1. The quantitative estimate of drug-likeness (QED) is 0.544. The molecule has 21 heavy (non-hydrogen) atoms. The van der Waals surface area contributed by atoms with Crippen molar-refractivity contribution in [3.05, 3.63) is 0 Å². The van der Waals surface area contributed by atoms with Crippen LogP contribution in [0.4, 0.5) is 0 Å². The Morgan fingerprint density at radius 2 is 2.00 bits per heavy atom. The van der Waals surface area contributed by atoms with Crippen LogP contribution < -0.4 is 11.1 Å². The average molecular weight is 318 g/mol. The number of methoxy groups -OCH3 is 1. The summed E-state index contributed by atoms with van der Waals surface area (Å²) < 4.78 is 4.67. The van der Waals surface area contributed by atoms with Gasteiger partial charge in [-0.15, -0.1) is 0 Å². The topological polar surface area (TPSA) is 119 Å². The summed E-state index contributed by atoms with van der Waals surface area (Å²) in [4.78, 5) is 34.0. The van der Waals surface area contributed by atoms with Crippen LogP contribution in [0, 0.1) is 0 Å². The van der Waals surface area contributed by atoms with Crippen LogP contribution >= 0.6 is 11.8 Å². The van der Waals surface area contributed by atoms with Gasteiger partial charge in [-0.1, -0.05) is 12.8 Å². The summed E-state index contributed by atoms with van der Waals surface area (Å²) in [5.41, 5.74) is 5.47. The SMILES string of the molecule is COC(=O)[C@H](CSC1CCCC1)NC(=O)[C@@H](N)CC(=O)O. The van der Waals surface area contributed by atoms with E-state index in [0.717, 1.165) is 12.8 Å². The van der Waals surface area contributed by atoms with Crippen molar-refractivity contribution >= 4 is 29.6 Å². The number of ether oxygens (including phenoxy) is 1. The largest absolute Gasteiger partial charge is 0.481 e. The van der Waals surface area contributed by atoms with Crippen LogP contribution in [0.5, 0.6) is 0 Å². The van der Waals surface area contributed by atoms with Gasteiger partial charge in [0.25, 0.3) is 0 Å². The Balaban J connectivity index is 2.50. The molecule has 0 aromatic heterocycles. The molecule has 1 aliphatic rings. The Bertz CT molecular complexity index is 385. The smallest absolute Gasteiger partial charge is 0.329 e. The molecule has 4 N–H and O–H groups in total. The lowest BCUT2D eigenvalue weighted by Gasteiger charge is -2.19. The molecule has 1 amide bonds. The van der Waals surface area contributed by atoms with Gasteiger partial charge in [-0.3, -0.25) is 9.59 Å². The standard InChI is InChI=1S/C13H22N2O5S/c1-20-13(19)10(7-21-8-4-2-3-5-8)15-12(18)9(14)6-11(16)17/h8-10H,2-7,14H2,1H3,(H,15,18)(H,16,17)/t9-,10-/m0/s1. The number of carboxylic acids is 1. The van der Waals surface area contributed by atoms with Crippen molar-refractivity contribution in [2.45, 2.75) is 49.4 Å². The minimum absolute atomic E-state index is 0.406. The minimum atomic E-state index is -1.17. The molecule has 0 bridgehead atoms. The van der Waals surface area contributed by atoms with Crippen molar-refractivity contribution in [3.63, 3.8) is 0 Å². The van der Waals surface area contributed by atoms with Crippen molar-refractivity contribution in [1.29, 1.82) is 0 Å². The molecule has 0 saturated heterocycles. The zero-order valence-electron chi connectivity index (χ0n) is 12.0. The number of hydrogen-bond acceptors (Lipinski definition) is 6. The number of amides is 1. The first-order valence-electron chi connectivity index (χ1n) is 6.91.